The zero-order valence-electron chi connectivity index (χ0n) is 44.7. The van der Waals surface area contributed by atoms with Crippen molar-refractivity contribution in [1.29, 1.82) is 0 Å². The van der Waals surface area contributed by atoms with E-state index >= 15 is 0 Å². The van der Waals surface area contributed by atoms with Crippen molar-refractivity contribution >= 4 is 70.3 Å². The van der Waals surface area contributed by atoms with Crippen LogP contribution in [0.2, 0.25) is 0 Å². The lowest BCUT2D eigenvalue weighted by Crippen LogP contribution is -2.73. The Balaban J connectivity index is 1.34. The fraction of sp³-hybridized carbons (Fsp3) is 0.974. The molecule has 0 aromatic heterocycles. The number of hydrogen-bond acceptors (Lipinski definition) is 33. The molecule has 25 atom stereocenters. The fourth-order valence-electron chi connectivity index (χ4n) is 10.6. The quantitative estimate of drug-likeness (QED) is 0.0114. The van der Waals surface area contributed by atoms with Crippen LogP contribution in [0.15, 0.2) is 0 Å². The summed E-state index contributed by atoms with van der Waals surface area (Å²) in [6.45, 7) is 8.14. The molecule has 0 saturated carbocycles. The van der Waals surface area contributed by atoms with Crippen LogP contribution in [0.1, 0.15) is 61.8 Å². The molecule has 83 heavy (non-hydrogen) atoms. The normalized spacial score (nSPS) is 42.1. The minimum absolute atomic E-state index is 0.0471. The molecule has 0 aromatic rings. The number of aliphatic hydroxyl groups is 1. The topological polar surface area (TPSA) is 525 Å². The standard InChI is InChI=1S/C39H66O38S6/c1-9-21-27(29(72-78-77-76-43)26(20(8)63-21)73-81(50,51)52)68-38-25-19(7)33(39(71-38,12-59-25)60-13-40)70-37-32(75-83(56,57)58)30(74-82(53,54)55)28(23(65-37)11-62-80(47,48)49)67-36-18(6)16(4)24(31(69-36)34(41)42)66-35-17(5)14(2)15(3)22(64-35)10-61-79(44,45)46/h14-33,35-38,40,43H,9-13H2,1-8H3,(H,41,42)(H,44,45,46)(H,47,48,49)(H,50,51,52)(H,53,54,55)(H,56,57,58)/t14?,15-,16?,17?,18?,19+,20+,21-,22-,23?,24-,25+,26?,27+,28?,29?,30-,31+,32?,33?,35+,36+,37-,38+,39?/m0/s1. The largest absolute Gasteiger partial charge is 0.479 e. The van der Waals surface area contributed by atoms with Crippen LogP contribution in [-0.2, 0) is 143 Å². The zero-order chi connectivity index (χ0) is 62.1. The molecule has 2 bridgehead atoms. The van der Waals surface area contributed by atoms with Crippen LogP contribution in [0.4, 0.5) is 0 Å². The third kappa shape index (κ3) is 18.1. The Bertz CT molecular complexity index is 2740. The molecule has 0 aromatic carbocycles. The number of ether oxygens (including phenoxy) is 11. The smallest absolute Gasteiger partial charge is 0.397 e. The minimum Gasteiger partial charge on any atom is -0.479 e. The molecule has 7 rings (SSSR count). The highest BCUT2D eigenvalue weighted by molar-refractivity contribution is 7.89. The molecule has 0 spiro atoms. The molecule has 11 unspecified atom stereocenters. The predicted molar refractivity (Wildman–Crippen MR) is 260 cm³/mol. The Kier molecular flexibility index (Phi) is 23.9. The van der Waals surface area contributed by atoms with Crippen LogP contribution >= 0.6 is 12.3 Å². The molecule has 44 heteroatoms. The Morgan fingerprint density at radius 1 is 0.554 bits per heavy atom. The Morgan fingerprint density at radius 3 is 1.63 bits per heavy atom. The van der Waals surface area contributed by atoms with E-state index in [2.05, 4.69) is 17.7 Å². The number of aliphatic hydroxyl groups excluding tert-OH is 1. The number of carboxylic acids is 1. The Hall–Kier alpha value is -1.47. The van der Waals surface area contributed by atoms with E-state index in [0.717, 1.165) is 0 Å². The van der Waals surface area contributed by atoms with Gasteiger partial charge in [-0.3, -0.25) is 26.9 Å². The number of carboxylic acid groups (broad SMARTS) is 1. The van der Waals surface area contributed by atoms with Crippen molar-refractivity contribution in [2.75, 3.05) is 26.6 Å². The summed E-state index contributed by atoms with van der Waals surface area (Å²) in [4.78, 5) is 13.0. The monoisotopic (exact) mass is 1330 g/mol. The zero-order valence-corrected chi connectivity index (χ0v) is 49.6. The van der Waals surface area contributed by atoms with Crippen molar-refractivity contribution in [2.24, 2.45) is 35.5 Å². The van der Waals surface area contributed by atoms with Crippen LogP contribution in [0.25, 0.3) is 0 Å². The SMILES string of the molecule is CC[C@@H]1O[C@H](C)C(OS(=O)(=O)O)C(OSOOO)[C@@H]1O[C@@H]1OC2(OCO)CO[C@@H]1[C@@H](C)C2O[C@@H]1OC(COS(=O)(=O)O)C(O[C@@H]2O[C@@H](C(=O)O)[C@@H](O[C@H]3O[C@@H](COS(=O)(=O)O)[C@@H](C)C(C)C3C)C(C)C2C)[C@H](OS(=O)(=O)O)C1OS(=O)(=O)O. The first-order valence-corrected chi connectivity index (χ1v) is 32.3. The van der Waals surface area contributed by atoms with Gasteiger partial charge >= 0.3 is 58.0 Å². The van der Waals surface area contributed by atoms with Gasteiger partial charge in [-0.25, -0.2) is 31.0 Å². The molecule has 7 heterocycles. The summed E-state index contributed by atoms with van der Waals surface area (Å²) in [5, 5.41) is 33.1. The molecule has 7 fully saturated rings. The average molecular weight is 1340 g/mol. The molecule has 38 nitrogen and oxygen atoms in total. The lowest BCUT2D eigenvalue weighted by molar-refractivity contribution is -0.480. The van der Waals surface area contributed by atoms with Crippen molar-refractivity contribution < 1.29 is 172 Å². The van der Waals surface area contributed by atoms with Crippen LogP contribution < -0.4 is 0 Å². The molecule has 0 radical (unpaired) electrons. The van der Waals surface area contributed by atoms with Gasteiger partial charge in [-0.05, 0) is 31.1 Å². The van der Waals surface area contributed by atoms with E-state index in [0.29, 0.717) is 0 Å². The first-order chi connectivity index (χ1) is 38.3. The average Bonchev–Trinajstić information content (AvgIpc) is 2.94. The fourth-order valence-corrected chi connectivity index (χ4v) is 13.1. The van der Waals surface area contributed by atoms with Gasteiger partial charge in [0.15, 0.2) is 49.7 Å². The third-order valence-electron chi connectivity index (χ3n) is 15.1. The number of carbonyl (C=O) groups is 1. The summed E-state index contributed by atoms with van der Waals surface area (Å²) in [5.41, 5.74) is 0. The van der Waals surface area contributed by atoms with Gasteiger partial charge in [-0.2, -0.15) is 42.1 Å². The maximum Gasteiger partial charge on any atom is 0.397 e. The first kappa shape index (κ1) is 70.6. The molecule has 7 saturated heterocycles. The summed E-state index contributed by atoms with van der Waals surface area (Å²) < 4.78 is 271. The van der Waals surface area contributed by atoms with Crippen molar-refractivity contribution in [3.05, 3.63) is 0 Å². The predicted octanol–water partition coefficient (Wildman–Crippen LogP) is -1.21. The lowest BCUT2D eigenvalue weighted by atomic mass is 9.78. The van der Waals surface area contributed by atoms with Crippen LogP contribution in [0, 0.1) is 35.5 Å². The second-order valence-corrected chi connectivity index (χ2v) is 26.0. The third-order valence-corrected chi connectivity index (χ3v) is 17.7. The molecule has 7 aliphatic heterocycles. The Labute approximate surface area is 480 Å². The lowest BCUT2D eigenvalue weighted by Gasteiger charge is -2.58. The van der Waals surface area contributed by atoms with Crippen molar-refractivity contribution in [2.45, 2.75) is 178 Å². The number of rotatable bonds is 28. The van der Waals surface area contributed by atoms with E-state index in [-0.39, 0.29) is 24.7 Å². The van der Waals surface area contributed by atoms with E-state index < -0.39 is 231 Å². The van der Waals surface area contributed by atoms with E-state index in [1.807, 2.05) is 0 Å². The second-order valence-electron chi connectivity index (χ2n) is 20.2. The second kappa shape index (κ2) is 28.1. The summed E-state index contributed by atoms with van der Waals surface area (Å²) in [6, 6.07) is 0. The van der Waals surface area contributed by atoms with Gasteiger partial charge in [0.2, 0.25) is 5.79 Å². The van der Waals surface area contributed by atoms with Crippen LogP contribution in [-0.4, -0.2) is 229 Å². The molecule has 7 aliphatic rings. The first-order valence-electron chi connectivity index (χ1n) is 24.8. The van der Waals surface area contributed by atoms with Crippen LogP contribution in [0.3, 0.4) is 0 Å². The molecular formula is C39H66O38S6. The summed E-state index contributed by atoms with van der Waals surface area (Å²) >= 11 is -0.0471. The van der Waals surface area contributed by atoms with Crippen molar-refractivity contribution in [3.8, 4) is 0 Å². The van der Waals surface area contributed by atoms with E-state index in [1.165, 1.54) is 27.7 Å². The van der Waals surface area contributed by atoms with Gasteiger partial charge in [0.05, 0.1) is 31.5 Å². The highest BCUT2D eigenvalue weighted by Crippen LogP contribution is 2.48. The molecule has 486 valence electrons. The molecular weight excluding hydrogens is 1270 g/mol. The Morgan fingerprint density at radius 2 is 1.07 bits per heavy atom. The number of aliphatic carboxylic acids is 1. The number of fused-ring (bicyclic) bond motifs is 3. The summed E-state index contributed by atoms with van der Waals surface area (Å²) in [6.07, 6.45) is -32.7. The highest BCUT2D eigenvalue weighted by Gasteiger charge is 2.65. The highest BCUT2D eigenvalue weighted by atomic mass is 32.3. The van der Waals surface area contributed by atoms with E-state index in [9.17, 15) is 79.9 Å². The van der Waals surface area contributed by atoms with Gasteiger partial charge < -0.3 is 62.3 Å². The van der Waals surface area contributed by atoms with Crippen molar-refractivity contribution in [1.82, 2.24) is 0 Å². The molecule has 0 aliphatic carbocycles. The molecule has 0 amide bonds. The number of hydrogen-bond donors (Lipinski definition) is 8. The van der Waals surface area contributed by atoms with Gasteiger partial charge in [-0.15, -0.1) is 4.33 Å². The van der Waals surface area contributed by atoms with E-state index in [4.69, 9.17) is 74.1 Å². The summed E-state index contributed by atoms with van der Waals surface area (Å²) in [5.74, 6) is -8.90. The van der Waals surface area contributed by atoms with Crippen LogP contribution in [0.5, 0.6) is 0 Å². The van der Waals surface area contributed by atoms with Gasteiger partial charge in [0.25, 0.3) is 0 Å². The maximum absolute atomic E-state index is 13.0. The van der Waals surface area contributed by atoms with Crippen molar-refractivity contribution in [3.63, 3.8) is 0 Å². The maximum atomic E-state index is 13.0. The van der Waals surface area contributed by atoms with Gasteiger partial charge in [0, 0.05) is 17.8 Å². The van der Waals surface area contributed by atoms with Gasteiger partial charge in [0.1, 0.15) is 68.3 Å². The minimum atomic E-state index is -5.92. The summed E-state index contributed by atoms with van der Waals surface area (Å²) in [7, 11) is -27.5. The van der Waals surface area contributed by atoms with E-state index in [1.54, 1.807) is 27.7 Å². The molecule has 8 N–H and O–H groups in total. The van der Waals surface area contributed by atoms with Gasteiger partial charge in [-0.1, -0.05) is 53.5 Å².